The van der Waals surface area contributed by atoms with Crippen LogP contribution in [0.5, 0.6) is 0 Å². The molecule has 6 aromatic heterocycles. The molecule has 0 spiro atoms. The van der Waals surface area contributed by atoms with Crippen molar-refractivity contribution in [1.82, 2.24) is 19.9 Å². The molecule has 0 unspecified atom stereocenters. The number of furan rings is 3. The largest absolute Gasteiger partial charge is 0.456 e. The lowest BCUT2D eigenvalue weighted by Gasteiger charge is -2.10. The molecular formula is C72H42N4O3S. The van der Waals surface area contributed by atoms with Crippen LogP contribution in [0.4, 0.5) is 0 Å². The lowest BCUT2D eigenvalue weighted by molar-refractivity contribution is 0.628. The Morgan fingerprint density at radius 1 is 0.237 bits per heavy atom. The van der Waals surface area contributed by atoms with Gasteiger partial charge >= 0.3 is 0 Å². The van der Waals surface area contributed by atoms with Crippen molar-refractivity contribution in [3.8, 4) is 102 Å². The van der Waals surface area contributed by atoms with Gasteiger partial charge in [0.2, 0.25) is 0 Å². The summed E-state index contributed by atoms with van der Waals surface area (Å²) in [6.07, 6.45) is 0. The van der Waals surface area contributed by atoms with E-state index >= 15 is 0 Å². The number of hydrogen-bond acceptors (Lipinski definition) is 8. The molecule has 0 atom stereocenters. The van der Waals surface area contributed by atoms with Crippen LogP contribution in [0.25, 0.3) is 166 Å². The third-order valence-electron chi connectivity index (χ3n) is 15.1. The van der Waals surface area contributed by atoms with E-state index in [1.54, 1.807) is 0 Å². The van der Waals surface area contributed by atoms with Crippen LogP contribution in [0.15, 0.2) is 268 Å². The predicted molar refractivity (Wildman–Crippen MR) is 326 cm³/mol. The molecule has 10 aromatic carbocycles. The molecule has 0 fully saturated rings. The maximum atomic E-state index is 6.63. The number of rotatable bonds is 9. The third kappa shape index (κ3) is 8.13. The van der Waals surface area contributed by atoms with Gasteiger partial charge in [0.25, 0.3) is 0 Å². The number of benzene rings is 10. The van der Waals surface area contributed by atoms with Crippen LogP contribution in [-0.2, 0) is 0 Å². The van der Waals surface area contributed by atoms with Gasteiger partial charge in [-0.1, -0.05) is 152 Å². The van der Waals surface area contributed by atoms with Crippen molar-refractivity contribution in [2.45, 2.75) is 0 Å². The van der Waals surface area contributed by atoms with Crippen molar-refractivity contribution in [2.75, 3.05) is 0 Å². The number of fused-ring (bicyclic) bond motifs is 8. The van der Waals surface area contributed by atoms with E-state index in [9.17, 15) is 0 Å². The van der Waals surface area contributed by atoms with Crippen LogP contribution >= 0.6 is 11.3 Å². The smallest absolute Gasteiger partial charge is 0.160 e. The summed E-state index contributed by atoms with van der Waals surface area (Å²) in [7, 11) is 0. The molecule has 8 heteroatoms. The van der Waals surface area contributed by atoms with E-state index in [1.165, 1.54) is 20.2 Å². The molecule has 0 amide bonds. The standard InChI is InChI=1S/C72H42N4O3S/c1-2-13-43(14-3-1)44-17-11-21-53(34-44)71-73-59(41-61(75-71)67-39-51-15-4-7-24-63(51)77-67)49-28-31-65-57(36-49)55-30-27-48(38-66(55)79-65)46-19-10-18-45(33-46)47-20-12-22-54(35-47)72-74-60(42-62(76-72)68-40-52-16-5-8-25-64(52)78-68)50-29-32-70-58(37-50)56-23-6-9-26-69(56)80-70/h1-42H. The van der Waals surface area contributed by atoms with Gasteiger partial charge in [-0.05, 0) is 137 Å². The second-order valence-electron chi connectivity index (χ2n) is 20.2. The molecule has 0 radical (unpaired) electrons. The first-order valence-corrected chi connectivity index (χ1v) is 27.4. The summed E-state index contributed by atoms with van der Waals surface area (Å²) in [5.41, 5.74) is 16.5. The molecule has 0 saturated carbocycles. The molecule has 374 valence electrons. The zero-order valence-electron chi connectivity index (χ0n) is 42.7. The Labute approximate surface area is 462 Å². The van der Waals surface area contributed by atoms with Gasteiger partial charge in [0, 0.05) is 64.0 Å². The molecule has 6 heterocycles. The Kier molecular flexibility index (Phi) is 10.6. The Morgan fingerprint density at radius 3 is 1.35 bits per heavy atom. The van der Waals surface area contributed by atoms with E-state index in [0.29, 0.717) is 28.9 Å². The van der Waals surface area contributed by atoms with Crippen LogP contribution < -0.4 is 0 Å². The minimum absolute atomic E-state index is 0.610. The molecule has 0 aliphatic carbocycles. The zero-order chi connectivity index (χ0) is 52.7. The number of aromatic nitrogens is 4. The number of nitrogens with zero attached hydrogens (tertiary/aromatic N) is 4. The fourth-order valence-electron chi connectivity index (χ4n) is 11.1. The van der Waals surface area contributed by atoms with E-state index < -0.39 is 0 Å². The summed E-state index contributed by atoms with van der Waals surface area (Å²) < 4.78 is 22.0. The van der Waals surface area contributed by atoms with Crippen LogP contribution in [0.3, 0.4) is 0 Å². The van der Waals surface area contributed by atoms with Crippen LogP contribution in [0, 0.1) is 0 Å². The van der Waals surface area contributed by atoms with Crippen LogP contribution in [0.2, 0.25) is 0 Å². The summed E-state index contributed by atoms with van der Waals surface area (Å²) in [5.74, 6) is 2.60. The Bertz CT molecular complexity index is 5040. The monoisotopic (exact) mass is 1040 g/mol. The molecular weight excluding hydrogens is 1000 g/mol. The van der Waals surface area contributed by atoms with E-state index in [-0.39, 0.29) is 0 Å². The fraction of sp³-hybridized carbons (Fsp3) is 0. The van der Waals surface area contributed by atoms with E-state index in [0.717, 1.165) is 117 Å². The molecule has 80 heavy (non-hydrogen) atoms. The molecule has 0 aliphatic rings. The van der Waals surface area contributed by atoms with Gasteiger partial charge in [0.05, 0.1) is 11.4 Å². The average Bonchev–Trinajstić information content (AvgIpc) is 4.38. The first kappa shape index (κ1) is 45.6. The van der Waals surface area contributed by atoms with Gasteiger partial charge in [0.1, 0.15) is 33.7 Å². The van der Waals surface area contributed by atoms with Crippen molar-refractivity contribution in [2.24, 2.45) is 0 Å². The van der Waals surface area contributed by atoms with Gasteiger partial charge in [0.15, 0.2) is 23.2 Å². The summed E-state index contributed by atoms with van der Waals surface area (Å²) >= 11 is 1.81. The number of thiophene rings is 1. The van der Waals surface area contributed by atoms with Crippen molar-refractivity contribution >= 4 is 75.4 Å². The highest BCUT2D eigenvalue weighted by molar-refractivity contribution is 7.25. The van der Waals surface area contributed by atoms with E-state index in [2.05, 4.69) is 188 Å². The first-order valence-electron chi connectivity index (χ1n) is 26.6. The number of hydrogen-bond donors (Lipinski definition) is 0. The van der Waals surface area contributed by atoms with E-state index in [1.807, 2.05) is 78.1 Å². The molecule has 0 N–H and O–H groups in total. The highest BCUT2D eigenvalue weighted by Gasteiger charge is 2.19. The Morgan fingerprint density at radius 2 is 0.713 bits per heavy atom. The molecule has 0 saturated heterocycles. The summed E-state index contributed by atoms with van der Waals surface area (Å²) in [6, 6.07) is 88.2. The quantitative estimate of drug-likeness (QED) is 0.142. The highest BCUT2D eigenvalue weighted by atomic mass is 32.1. The third-order valence-corrected chi connectivity index (χ3v) is 16.3. The van der Waals surface area contributed by atoms with Gasteiger partial charge in [-0.2, -0.15) is 0 Å². The maximum absolute atomic E-state index is 6.63. The normalized spacial score (nSPS) is 11.8. The van der Waals surface area contributed by atoms with Crippen LogP contribution in [-0.4, -0.2) is 19.9 Å². The minimum Gasteiger partial charge on any atom is -0.456 e. The lowest BCUT2D eigenvalue weighted by atomic mass is 9.97. The number of para-hydroxylation sites is 2. The molecule has 16 aromatic rings. The SMILES string of the molecule is c1ccc(-c2cccc(-c3nc(-c4ccc5oc6cc(-c7cccc(-c8cccc(-c9nc(-c%10ccc%11sc%12ccccc%12c%11c%10)cc(-c%10cc%11ccccc%11o%10)n9)c8)c7)ccc6c5c4)cc(-c4cc5ccccc5o4)n3)c2)cc1. The van der Waals surface area contributed by atoms with Crippen molar-refractivity contribution < 1.29 is 13.3 Å². The predicted octanol–water partition coefficient (Wildman–Crippen LogP) is 20.0. The summed E-state index contributed by atoms with van der Waals surface area (Å²) in [4.78, 5) is 20.8. The highest BCUT2D eigenvalue weighted by Crippen LogP contribution is 2.41. The second kappa shape index (κ2) is 18.6. The molecule has 0 aliphatic heterocycles. The van der Waals surface area contributed by atoms with Crippen molar-refractivity contribution in [3.05, 3.63) is 255 Å². The summed E-state index contributed by atoms with van der Waals surface area (Å²) in [5, 5.41) is 6.52. The Hall–Kier alpha value is -10.5. The second-order valence-corrected chi connectivity index (χ2v) is 21.2. The fourth-order valence-corrected chi connectivity index (χ4v) is 12.2. The van der Waals surface area contributed by atoms with Crippen molar-refractivity contribution in [3.63, 3.8) is 0 Å². The van der Waals surface area contributed by atoms with Gasteiger partial charge in [-0.25, -0.2) is 19.9 Å². The maximum Gasteiger partial charge on any atom is 0.160 e. The minimum atomic E-state index is 0.610. The van der Waals surface area contributed by atoms with Gasteiger partial charge in [-0.15, -0.1) is 11.3 Å². The molecule has 0 bridgehead atoms. The van der Waals surface area contributed by atoms with Crippen LogP contribution in [0.1, 0.15) is 0 Å². The van der Waals surface area contributed by atoms with Crippen molar-refractivity contribution in [1.29, 1.82) is 0 Å². The zero-order valence-corrected chi connectivity index (χ0v) is 43.5. The topological polar surface area (TPSA) is 91.0 Å². The Balaban J connectivity index is 0.743. The van der Waals surface area contributed by atoms with Gasteiger partial charge in [-0.3, -0.25) is 0 Å². The van der Waals surface area contributed by atoms with Gasteiger partial charge < -0.3 is 13.3 Å². The first-order chi connectivity index (χ1) is 39.5. The summed E-state index contributed by atoms with van der Waals surface area (Å²) in [6.45, 7) is 0. The molecule has 7 nitrogen and oxygen atoms in total. The van der Waals surface area contributed by atoms with E-state index in [4.69, 9.17) is 33.2 Å². The molecule has 16 rings (SSSR count). The lowest BCUT2D eigenvalue weighted by Crippen LogP contribution is -1.95. The average molecular weight is 1040 g/mol.